The highest BCUT2D eigenvalue weighted by atomic mass is 16.4. The maximum Gasteiger partial charge on any atom is 0.303 e. The highest BCUT2D eigenvalue weighted by Crippen LogP contribution is 2.08. The molecule has 0 spiro atoms. The minimum Gasteiger partial charge on any atom is -0.481 e. The minimum atomic E-state index is -0.712. The van der Waals surface area contributed by atoms with Crippen molar-refractivity contribution >= 4 is 16.9 Å². The number of unbranched alkanes of at least 4 members (excludes halogenated alkanes) is 4. The van der Waals surface area contributed by atoms with Gasteiger partial charge in [0.2, 0.25) is 0 Å². The van der Waals surface area contributed by atoms with Gasteiger partial charge in [0.05, 0.1) is 5.52 Å². The van der Waals surface area contributed by atoms with Crippen molar-refractivity contribution in [2.75, 3.05) is 0 Å². The van der Waals surface area contributed by atoms with Crippen LogP contribution in [0.2, 0.25) is 0 Å². The molecule has 0 radical (unpaired) electrons. The van der Waals surface area contributed by atoms with Crippen LogP contribution in [-0.4, -0.2) is 16.1 Å². The van der Waals surface area contributed by atoms with Crippen LogP contribution in [0.15, 0.2) is 91.2 Å². The largest absolute Gasteiger partial charge is 0.481 e. The van der Waals surface area contributed by atoms with Gasteiger partial charge in [-0.3, -0.25) is 9.78 Å². The first-order chi connectivity index (χ1) is 15.7. The van der Waals surface area contributed by atoms with Gasteiger partial charge in [0, 0.05) is 18.0 Å². The third-order valence-corrected chi connectivity index (χ3v) is 4.73. The van der Waals surface area contributed by atoms with Crippen LogP contribution in [0.25, 0.3) is 10.9 Å². The van der Waals surface area contributed by atoms with Crippen LogP contribution in [0, 0.1) is 0 Å². The first-order valence-electron chi connectivity index (χ1n) is 11.9. The van der Waals surface area contributed by atoms with E-state index in [1.165, 1.54) is 31.1 Å². The summed E-state index contributed by atoms with van der Waals surface area (Å²) in [5.74, 6) is -0.712. The van der Waals surface area contributed by atoms with Gasteiger partial charge in [-0.2, -0.15) is 0 Å². The summed E-state index contributed by atoms with van der Waals surface area (Å²) in [5.41, 5.74) is 1.06. The number of fused-ring (bicyclic) bond motifs is 1. The van der Waals surface area contributed by atoms with Crippen LogP contribution in [0.5, 0.6) is 0 Å². The normalized spacial score (nSPS) is 11.7. The van der Waals surface area contributed by atoms with Gasteiger partial charge in [0.15, 0.2) is 0 Å². The molecule has 0 aliphatic carbocycles. The Bertz CT molecular complexity index is 784. The molecule has 1 N–H and O–H groups in total. The van der Waals surface area contributed by atoms with E-state index in [1.54, 1.807) is 0 Å². The predicted molar refractivity (Wildman–Crippen MR) is 138 cm³/mol. The molecule has 3 nitrogen and oxygen atoms in total. The number of allylic oxidation sites excluding steroid dienone is 8. The van der Waals surface area contributed by atoms with Crippen LogP contribution in [0.4, 0.5) is 0 Å². The number of carbonyl (C=O) groups is 1. The second kappa shape index (κ2) is 20.0. The Balaban J connectivity index is 0.000000416. The van der Waals surface area contributed by atoms with E-state index in [0.717, 1.165) is 37.6 Å². The lowest BCUT2D eigenvalue weighted by atomic mass is 10.2. The van der Waals surface area contributed by atoms with E-state index < -0.39 is 5.97 Å². The number of para-hydroxylation sites is 1. The highest BCUT2D eigenvalue weighted by Gasteiger charge is 1.92. The van der Waals surface area contributed by atoms with Crippen molar-refractivity contribution < 1.29 is 9.90 Å². The molecule has 0 atom stereocenters. The molecule has 2 rings (SSSR count). The highest BCUT2D eigenvalue weighted by molar-refractivity contribution is 5.77. The maximum absolute atomic E-state index is 10.3. The van der Waals surface area contributed by atoms with E-state index in [-0.39, 0.29) is 6.42 Å². The summed E-state index contributed by atoms with van der Waals surface area (Å²) in [4.78, 5) is 14.5. The standard InChI is InChI=1S/C20H32O2.C9H7N/c1-2-3-4-5-6-7-8-9-10-11-12-13-14-15-16-17-18-19-20(21)22;1-2-6-9-8(4-1)5-3-7-10-9/h6-7,9-10,12-13,15-16H,2-5,8,11,14,17-19H2,1H3,(H,21,22);1-7H. The van der Waals surface area contributed by atoms with Crippen LogP contribution in [0.3, 0.4) is 0 Å². The fourth-order valence-corrected chi connectivity index (χ4v) is 2.95. The number of pyridine rings is 1. The average molecular weight is 434 g/mol. The van der Waals surface area contributed by atoms with Crippen molar-refractivity contribution in [3.8, 4) is 0 Å². The van der Waals surface area contributed by atoms with Gasteiger partial charge in [-0.1, -0.05) is 92.6 Å². The van der Waals surface area contributed by atoms with Crippen LogP contribution < -0.4 is 0 Å². The van der Waals surface area contributed by atoms with E-state index in [9.17, 15) is 4.79 Å². The first kappa shape index (κ1) is 27.1. The summed E-state index contributed by atoms with van der Waals surface area (Å²) >= 11 is 0. The van der Waals surface area contributed by atoms with Crippen LogP contribution in [-0.2, 0) is 4.79 Å². The Labute approximate surface area is 194 Å². The summed E-state index contributed by atoms with van der Waals surface area (Å²) in [7, 11) is 0. The molecule has 1 aromatic carbocycles. The van der Waals surface area contributed by atoms with Gasteiger partial charge >= 0.3 is 5.97 Å². The van der Waals surface area contributed by atoms with Crippen molar-refractivity contribution in [2.45, 2.75) is 71.1 Å². The van der Waals surface area contributed by atoms with Crippen LogP contribution in [0.1, 0.15) is 71.1 Å². The minimum absolute atomic E-state index is 0.262. The molecule has 0 amide bonds. The molecular formula is C29H39NO2. The van der Waals surface area contributed by atoms with Crippen molar-refractivity contribution in [2.24, 2.45) is 0 Å². The number of rotatable bonds is 14. The first-order valence-corrected chi connectivity index (χ1v) is 11.9. The molecule has 1 aromatic heterocycles. The fraction of sp³-hybridized carbons (Fsp3) is 0.379. The van der Waals surface area contributed by atoms with Gasteiger partial charge in [-0.05, 0) is 57.1 Å². The van der Waals surface area contributed by atoms with Gasteiger partial charge in [0.25, 0.3) is 0 Å². The quantitative estimate of drug-likeness (QED) is 0.240. The summed E-state index contributed by atoms with van der Waals surface area (Å²) in [6.07, 6.45) is 29.1. The third-order valence-electron chi connectivity index (χ3n) is 4.73. The molecule has 3 heteroatoms. The number of carboxylic acid groups (broad SMARTS) is 1. The molecule has 32 heavy (non-hydrogen) atoms. The third kappa shape index (κ3) is 15.8. The fourth-order valence-electron chi connectivity index (χ4n) is 2.95. The molecule has 0 fully saturated rings. The zero-order valence-corrected chi connectivity index (χ0v) is 19.5. The number of aliphatic carboxylic acids is 1. The number of hydrogen-bond acceptors (Lipinski definition) is 2. The predicted octanol–water partition coefficient (Wildman–Crippen LogP) is 8.45. The number of hydrogen-bond donors (Lipinski definition) is 1. The summed E-state index contributed by atoms with van der Waals surface area (Å²) in [6.45, 7) is 2.23. The lowest BCUT2D eigenvalue weighted by Crippen LogP contribution is -1.92. The van der Waals surface area contributed by atoms with Crippen molar-refractivity contribution in [1.82, 2.24) is 4.98 Å². The number of carboxylic acids is 1. The van der Waals surface area contributed by atoms with E-state index in [2.05, 4.69) is 72.6 Å². The summed E-state index contributed by atoms with van der Waals surface area (Å²) < 4.78 is 0. The Kier molecular flexibility index (Phi) is 16.9. The molecular weight excluding hydrogens is 394 g/mol. The Hall–Kier alpha value is -2.94. The second-order valence-corrected chi connectivity index (χ2v) is 7.57. The van der Waals surface area contributed by atoms with Gasteiger partial charge in [0.1, 0.15) is 0 Å². The van der Waals surface area contributed by atoms with Gasteiger partial charge in [-0.25, -0.2) is 0 Å². The van der Waals surface area contributed by atoms with Gasteiger partial charge in [-0.15, -0.1) is 0 Å². The molecule has 172 valence electrons. The van der Waals surface area contributed by atoms with Crippen molar-refractivity contribution in [3.63, 3.8) is 0 Å². The average Bonchev–Trinajstić information content (AvgIpc) is 2.81. The van der Waals surface area contributed by atoms with Crippen LogP contribution >= 0.6 is 0 Å². The summed E-state index contributed by atoms with van der Waals surface area (Å²) in [5, 5.41) is 9.69. The molecule has 0 aliphatic rings. The number of nitrogens with zero attached hydrogens (tertiary/aromatic N) is 1. The molecule has 0 saturated heterocycles. The zero-order valence-electron chi connectivity index (χ0n) is 19.5. The lowest BCUT2D eigenvalue weighted by Gasteiger charge is -1.91. The van der Waals surface area contributed by atoms with E-state index in [1.807, 2.05) is 30.5 Å². The Morgan fingerprint density at radius 2 is 1.34 bits per heavy atom. The number of aromatic nitrogens is 1. The molecule has 0 unspecified atom stereocenters. The lowest BCUT2D eigenvalue weighted by molar-refractivity contribution is -0.137. The Morgan fingerprint density at radius 3 is 1.94 bits per heavy atom. The second-order valence-electron chi connectivity index (χ2n) is 7.57. The molecule has 2 aromatic rings. The monoisotopic (exact) mass is 433 g/mol. The van der Waals surface area contributed by atoms with Crippen molar-refractivity contribution in [1.29, 1.82) is 0 Å². The molecule has 0 bridgehead atoms. The molecule has 0 aliphatic heterocycles. The smallest absolute Gasteiger partial charge is 0.303 e. The van der Waals surface area contributed by atoms with Crippen molar-refractivity contribution in [3.05, 3.63) is 91.2 Å². The maximum atomic E-state index is 10.3. The van der Waals surface area contributed by atoms with E-state index in [4.69, 9.17) is 5.11 Å². The SMILES string of the molecule is CCCCCC=CCC=CCC=CCC=CCCCC(=O)O.c1ccc2ncccc2c1. The molecule has 1 heterocycles. The topological polar surface area (TPSA) is 50.2 Å². The Morgan fingerprint density at radius 1 is 0.781 bits per heavy atom. The zero-order chi connectivity index (χ0) is 23.1. The van der Waals surface area contributed by atoms with E-state index in [0.29, 0.717) is 0 Å². The molecule has 0 saturated carbocycles. The van der Waals surface area contributed by atoms with Gasteiger partial charge < -0.3 is 5.11 Å². The van der Waals surface area contributed by atoms with E-state index >= 15 is 0 Å². The summed E-state index contributed by atoms with van der Waals surface area (Å²) in [6, 6.07) is 12.1. The number of benzene rings is 1.